The summed E-state index contributed by atoms with van der Waals surface area (Å²) in [6, 6.07) is 1.88. The molecule has 0 amide bonds. The van der Waals surface area contributed by atoms with Crippen LogP contribution in [-0.4, -0.2) is 5.11 Å². The third-order valence-corrected chi connectivity index (χ3v) is 3.55. The molecule has 0 radical (unpaired) electrons. The van der Waals surface area contributed by atoms with E-state index in [2.05, 4.69) is 22.9 Å². The molecule has 13 heavy (non-hydrogen) atoms. The Labute approximate surface area is 85.9 Å². The largest absolute Gasteiger partial charge is 0.398 e. The van der Waals surface area contributed by atoms with Gasteiger partial charge in [-0.25, -0.2) is 0 Å². The van der Waals surface area contributed by atoms with Gasteiger partial charge in [-0.3, -0.25) is 0 Å². The topological polar surface area (TPSA) is 46.2 Å². The highest BCUT2D eigenvalue weighted by atomic mass is 79.9. The number of hydrogen-bond acceptors (Lipinski definition) is 2. The maximum atomic E-state index is 9.68. The van der Waals surface area contributed by atoms with Crippen molar-refractivity contribution in [2.24, 2.45) is 0 Å². The van der Waals surface area contributed by atoms with E-state index < -0.39 is 0 Å². The minimum Gasteiger partial charge on any atom is -0.398 e. The van der Waals surface area contributed by atoms with Crippen LogP contribution in [0.4, 0.5) is 5.69 Å². The van der Waals surface area contributed by atoms with Crippen molar-refractivity contribution in [1.82, 2.24) is 0 Å². The number of aliphatic hydroxyl groups excluding tert-OH is 1. The van der Waals surface area contributed by atoms with Gasteiger partial charge in [0, 0.05) is 15.7 Å². The van der Waals surface area contributed by atoms with E-state index in [9.17, 15) is 5.11 Å². The van der Waals surface area contributed by atoms with E-state index in [0.717, 1.165) is 22.9 Å². The Morgan fingerprint density at radius 3 is 3.00 bits per heavy atom. The molecular formula is C10H12BrNO. The maximum Gasteiger partial charge on any atom is 0.0815 e. The molecule has 3 N–H and O–H groups in total. The highest BCUT2D eigenvalue weighted by Gasteiger charge is 2.25. The Bertz CT molecular complexity index is 362. The highest BCUT2D eigenvalue weighted by molar-refractivity contribution is 9.10. The maximum absolute atomic E-state index is 9.68. The molecule has 1 atom stereocenters. The zero-order valence-corrected chi connectivity index (χ0v) is 9.06. The van der Waals surface area contributed by atoms with Crippen LogP contribution in [0.15, 0.2) is 10.5 Å². The first kappa shape index (κ1) is 9.03. The van der Waals surface area contributed by atoms with E-state index in [1.807, 2.05) is 6.07 Å². The molecule has 1 aliphatic carbocycles. The molecule has 0 spiro atoms. The number of aliphatic hydroxyl groups is 1. The molecule has 0 bridgehead atoms. The van der Waals surface area contributed by atoms with E-state index in [-0.39, 0.29) is 6.10 Å². The first-order valence-electron chi connectivity index (χ1n) is 4.36. The van der Waals surface area contributed by atoms with Gasteiger partial charge < -0.3 is 10.8 Å². The van der Waals surface area contributed by atoms with Crippen LogP contribution >= 0.6 is 15.9 Å². The second-order valence-electron chi connectivity index (χ2n) is 3.52. The quantitative estimate of drug-likeness (QED) is 0.686. The number of nitrogens with two attached hydrogens (primary N) is 1. The fourth-order valence-electron chi connectivity index (χ4n) is 1.98. The van der Waals surface area contributed by atoms with Crippen molar-refractivity contribution in [3.8, 4) is 0 Å². The summed E-state index contributed by atoms with van der Waals surface area (Å²) < 4.78 is 1.04. The number of halogens is 1. The van der Waals surface area contributed by atoms with Crippen molar-refractivity contribution < 1.29 is 5.11 Å². The molecule has 0 saturated heterocycles. The second-order valence-corrected chi connectivity index (χ2v) is 4.37. The van der Waals surface area contributed by atoms with Gasteiger partial charge in [0.25, 0.3) is 0 Å². The smallest absolute Gasteiger partial charge is 0.0815 e. The minimum atomic E-state index is -0.359. The summed E-state index contributed by atoms with van der Waals surface area (Å²) in [6.07, 6.45) is 1.38. The molecule has 1 aliphatic rings. The lowest BCUT2D eigenvalue weighted by atomic mass is 10.0. The molecule has 0 heterocycles. The molecule has 1 aromatic carbocycles. The lowest BCUT2D eigenvalue weighted by Crippen LogP contribution is -2.00. The van der Waals surface area contributed by atoms with Crippen LogP contribution in [0.3, 0.4) is 0 Å². The first-order chi connectivity index (χ1) is 6.11. The fourth-order valence-corrected chi connectivity index (χ4v) is 2.47. The van der Waals surface area contributed by atoms with Crippen molar-refractivity contribution in [2.75, 3.05) is 5.73 Å². The number of hydrogen-bond donors (Lipinski definition) is 2. The van der Waals surface area contributed by atoms with Crippen LogP contribution < -0.4 is 5.73 Å². The van der Waals surface area contributed by atoms with E-state index in [4.69, 9.17) is 5.73 Å². The molecule has 2 nitrogen and oxygen atoms in total. The van der Waals surface area contributed by atoms with Crippen molar-refractivity contribution in [3.63, 3.8) is 0 Å². The SMILES string of the molecule is Cc1c(Br)cc(N)c2c1CC[C@H]2O. The molecule has 0 aromatic heterocycles. The van der Waals surface area contributed by atoms with Gasteiger partial charge in [0.1, 0.15) is 0 Å². The molecule has 0 fully saturated rings. The highest BCUT2D eigenvalue weighted by Crippen LogP contribution is 2.39. The van der Waals surface area contributed by atoms with Crippen LogP contribution in [-0.2, 0) is 6.42 Å². The zero-order valence-electron chi connectivity index (χ0n) is 7.47. The number of nitrogen functional groups attached to an aromatic ring is 1. The molecule has 2 rings (SSSR count). The van der Waals surface area contributed by atoms with Gasteiger partial charge in [-0.1, -0.05) is 15.9 Å². The number of rotatable bonds is 0. The Kier molecular flexibility index (Phi) is 2.08. The fraction of sp³-hybridized carbons (Fsp3) is 0.400. The van der Waals surface area contributed by atoms with Crippen LogP contribution in [0.25, 0.3) is 0 Å². The third-order valence-electron chi connectivity index (χ3n) is 2.73. The molecule has 0 unspecified atom stereocenters. The Morgan fingerprint density at radius 1 is 1.62 bits per heavy atom. The summed E-state index contributed by atoms with van der Waals surface area (Å²) in [7, 11) is 0. The Hall–Kier alpha value is -0.540. The normalized spacial score (nSPS) is 20.4. The van der Waals surface area contributed by atoms with E-state index in [0.29, 0.717) is 5.69 Å². The zero-order chi connectivity index (χ0) is 9.59. The van der Waals surface area contributed by atoms with Crippen LogP contribution in [0.2, 0.25) is 0 Å². The average Bonchev–Trinajstić information content (AvgIpc) is 2.44. The van der Waals surface area contributed by atoms with Crippen LogP contribution in [0, 0.1) is 6.92 Å². The average molecular weight is 242 g/mol. The predicted octanol–water partition coefficient (Wildman–Crippen LogP) is 2.32. The van der Waals surface area contributed by atoms with E-state index in [1.165, 1.54) is 11.1 Å². The first-order valence-corrected chi connectivity index (χ1v) is 5.16. The van der Waals surface area contributed by atoms with Crippen molar-refractivity contribution >= 4 is 21.6 Å². The molecular weight excluding hydrogens is 230 g/mol. The molecule has 0 aliphatic heterocycles. The van der Waals surface area contributed by atoms with Gasteiger partial charge in [0.05, 0.1) is 6.10 Å². The van der Waals surface area contributed by atoms with Crippen molar-refractivity contribution in [3.05, 3.63) is 27.2 Å². The van der Waals surface area contributed by atoms with Crippen molar-refractivity contribution in [2.45, 2.75) is 25.9 Å². The molecule has 70 valence electrons. The van der Waals surface area contributed by atoms with Gasteiger partial charge in [0.15, 0.2) is 0 Å². The summed E-state index contributed by atoms with van der Waals surface area (Å²) in [5, 5.41) is 9.68. The minimum absolute atomic E-state index is 0.359. The lowest BCUT2D eigenvalue weighted by molar-refractivity contribution is 0.180. The van der Waals surface area contributed by atoms with Gasteiger partial charge in [-0.15, -0.1) is 0 Å². The van der Waals surface area contributed by atoms with Gasteiger partial charge >= 0.3 is 0 Å². The monoisotopic (exact) mass is 241 g/mol. The predicted molar refractivity (Wildman–Crippen MR) is 56.6 cm³/mol. The molecule has 0 saturated carbocycles. The third kappa shape index (κ3) is 1.27. The summed E-state index contributed by atoms with van der Waals surface area (Å²) >= 11 is 3.46. The number of anilines is 1. The second kappa shape index (κ2) is 3.00. The number of fused-ring (bicyclic) bond motifs is 1. The summed E-state index contributed by atoms with van der Waals surface area (Å²) in [5.41, 5.74) is 9.92. The van der Waals surface area contributed by atoms with Gasteiger partial charge in [-0.05, 0) is 37.0 Å². The summed E-state index contributed by atoms with van der Waals surface area (Å²) in [6.45, 7) is 2.06. The van der Waals surface area contributed by atoms with E-state index >= 15 is 0 Å². The van der Waals surface area contributed by atoms with Crippen molar-refractivity contribution in [1.29, 1.82) is 0 Å². The van der Waals surface area contributed by atoms with Gasteiger partial charge in [0.2, 0.25) is 0 Å². The van der Waals surface area contributed by atoms with Crippen LogP contribution in [0.5, 0.6) is 0 Å². The number of benzene rings is 1. The molecule has 1 aromatic rings. The van der Waals surface area contributed by atoms with E-state index in [1.54, 1.807) is 0 Å². The standard InChI is InChI=1S/C10H12BrNO/c1-5-6-2-3-9(13)10(6)8(12)4-7(5)11/h4,9,13H,2-3,12H2,1H3/t9-/m1/s1. The summed E-state index contributed by atoms with van der Waals surface area (Å²) in [5.74, 6) is 0. The Balaban J connectivity index is 2.69. The Morgan fingerprint density at radius 2 is 2.31 bits per heavy atom. The van der Waals surface area contributed by atoms with Crippen LogP contribution in [0.1, 0.15) is 29.2 Å². The lowest BCUT2D eigenvalue weighted by Gasteiger charge is -2.11. The molecule has 3 heteroatoms. The summed E-state index contributed by atoms with van der Waals surface area (Å²) in [4.78, 5) is 0. The van der Waals surface area contributed by atoms with Gasteiger partial charge in [-0.2, -0.15) is 0 Å².